The van der Waals surface area contributed by atoms with Crippen molar-refractivity contribution >= 4 is 40.3 Å². The number of morpholine rings is 1. The molecule has 2 aliphatic heterocycles. The van der Waals surface area contributed by atoms with Gasteiger partial charge in [-0.2, -0.15) is 0 Å². The molecule has 11 heteroatoms. The highest BCUT2D eigenvalue weighted by Crippen LogP contribution is 2.34. The van der Waals surface area contributed by atoms with Gasteiger partial charge in [-0.25, -0.2) is 9.78 Å². The lowest BCUT2D eigenvalue weighted by Gasteiger charge is -2.36. The SMILES string of the molecule is CCCCCOc1cc(N2CCCN(Cc3ccnc4c3c(Cl)cn4CC(=O)N3CCOCC3)C2=O)ccc1OC. The first-order chi connectivity index (χ1) is 20.0. The Hall–Kier alpha value is -3.50. The van der Waals surface area contributed by atoms with Gasteiger partial charge < -0.3 is 28.6 Å². The fourth-order valence-electron chi connectivity index (χ4n) is 5.39. The lowest BCUT2D eigenvalue weighted by Crippen LogP contribution is -2.49. The molecule has 0 spiro atoms. The summed E-state index contributed by atoms with van der Waals surface area (Å²) in [7, 11) is 1.62. The molecule has 2 fully saturated rings. The van der Waals surface area contributed by atoms with E-state index >= 15 is 0 Å². The maximum Gasteiger partial charge on any atom is 0.324 e. The fraction of sp³-hybridized carbons (Fsp3) is 0.500. The number of ether oxygens (including phenoxy) is 3. The second kappa shape index (κ2) is 13.4. The van der Waals surface area contributed by atoms with Crippen LogP contribution < -0.4 is 14.4 Å². The highest BCUT2D eigenvalue weighted by molar-refractivity contribution is 6.35. The first kappa shape index (κ1) is 29.0. The summed E-state index contributed by atoms with van der Waals surface area (Å²) in [5.74, 6) is 1.29. The van der Waals surface area contributed by atoms with Gasteiger partial charge in [0.1, 0.15) is 12.2 Å². The average Bonchev–Trinajstić information content (AvgIpc) is 3.32. The zero-order valence-electron chi connectivity index (χ0n) is 23.8. The number of aromatic nitrogens is 2. The maximum absolute atomic E-state index is 13.7. The predicted molar refractivity (Wildman–Crippen MR) is 158 cm³/mol. The number of amides is 3. The maximum atomic E-state index is 13.7. The number of methoxy groups -OCH3 is 1. The number of fused-ring (bicyclic) bond motifs is 1. The number of hydrogen-bond acceptors (Lipinski definition) is 6. The van der Waals surface area contributed by atoms with Gasteiger partial charge in [-0.05, 0) is 36.6 Å². The number of benzene rings is 1. The molecule has 4 heterocycles. The molecule has 5 rings (SSSR count). The molecule has 2 saturated heterocycles. The number of urea groups is 1. The van der Waals surface area contributed by atoms with E-state index in [-0.39, 0.29) is 18.5 Å². The van der Waals surface area contributed by atoms with Crippen molar-refractivity contribution < 1.29 is 23.8 Å². The number of anilines is 1. The van der Waals surface area contributed by atoms with Gasteiger partial charge in [0.25, 0.3) is 0 Å². The van der Waals surface area contributed by atoms with Crippen LogP contribution in [0.2, 0.25) is 5.02 Å². The second-order valence-electron chi connectivity index (χ2n) is 10.4. The smallest absolute Gasteiger partial charge is 0.324 e. The van der Waals surface area contributed by atoms with Crippen molar-refractivity contribution in [3.05, 3.63) is 47.2 Å². The van der Waals surface area contributed by atoms with E-state index in [4.69, 9.17) is 25.8 Å². The van der Waals surface area contributed by atoms with Gasteiger partial charge in [0.15, 0.2) is 11.5 Å². The molecular formula is C30H38ClN5O5. The Kier molecular flexibility index (Phi) is 9.51. The van der Waals surface area contributed by atoms with Gasteiger partial charge in [0.05, 0.1) is 32.0 Å². The normalized spacial score (nSPS) is 16.0. The van der Waals surface area contributed by atoms with Gasteiger partial charge in [-0.1, -0.05) is 31.4 Å². The molecule has 0 N–H and O–H groups in total. The molecule has 2 aliphatic rings. The molecule has 220 valence electrons. The summed E-state index contributed by atoms with van der Waals surface area (Å²) in [4.78, 5) is 36.6. The van der Waals surface area contributed by atoms with E-state index in [1.807, 2.05) is 29.2 Å². The van der Waals surface area contributed by atoms with Crippen molar-refractivity contribution in [3.63, 3.8) is 0 Å². The van der Waals surface area contributed by atoms with Gasteiger partial charge >= 0.3 is 6.03 Å². The lowest BCUT2D eigenvalue weighted by atomic mass is 10.1. The molecular weight excluding hydrogens is 546 g/mol. The molecule has 0 bridgehead atoms. The summed E-state index contributed by atoms with van der Waals surface area (Å²) in [5.41, 5.74) is 2.30. The molecule has 3 amide bonds. The van der Waals surface area contributed by atoms with E-state index in [1.165, 1.54) is 0 Å². The Morgan fingerprint density at radius 1 is 1.10 bits per heavy atom. The lowest BCUT2D eigenvalue weighted by molar-refractivity contribution is -0.135. The number of unbranched alkanes of at least 4 members (excludes halogenated alkanes) is 2. The standard InChI is InChI=1S/C30H38ClN5O5/c1-3-4-5-15-41-26-18-23(7-8-25(26)39-2)36-12-6-11-34(30(36)38)19-22-9-10-32-29-28(22)24(31)20-35(29)21-27(37)33-13-16-40-17-14-33/h7-10,18,20H,3-6,11-17,19,21H2,1-2H3. The van der Waals surface area contributed by atoms with Crippen molar-refractivity contribution in [1.29, 1.82) is 0 Å². The van der Waals surface area contributed by atoms with E-state index < -0.39 is 0 Å². The number of pyridine rings is 1. The molecule has 41 heavy (non-hydrogen) atoms. The molecule has 2 aromatic heterocycles. The topological polar surface area (TPSA) is 89.4 Å². The van der Waals surface area contributed by atoms with Crippen LogP contribution in [0.15, 0.2) is 36.7 Å². The number of rotatable bonds is 11. The van der Waals surface area contributed by atoms with Gasteiger partial charge in [-0.3, -0.25) is 9.69 Å². The minimum Gasteiger partial charge on any atom is -0.493 e. The quantitative estimate of drug-likeness (QED) is 0.297. The molecule has 0 aliphatic carbocycles. The minimum atomic E-state index is -0.0821. The van der Waals surface area contributed by atoms with Gasteiger partial charge in [0.2, 0.25) is 5.91 Å². The van der Waals surface area contributed by atoms with Crippen LogP contribution in [0.3, 0.4) is 0 Å². The molecule has 1 aromatic carbocycles. The van der Waals surface area contributed by atoms with E-state index in [1.54, 1.807) is 33.9 Å². The van der Waals surface area contributed by atoms with Crippen molar-refractivity contribution in [2.24, 2.45) is 0 Å². The Balaban J connectivity index is 1.33. The molecule has 10 nitrogen and oxygen atoms in total. The molecule has 3 aromatic rings. The summed E-state index contributed by atoms with van der Waals surface area (Å²) < 4.78 is 18.7. The third kappa shape index (κ3) is 6.54. The van der Waals surface area contributed by atoms with Crippen LogP contribution in [0.5, 0.6) is 11.5 Å². The highest BCUT2D eigenvalue weighted by atomic mass is 35.5. The van der Waals surface area contributed by atoms with E-state index in [0.29, 0.717) is 74.7 Å². The van der Waals surface area contributed by atoms with E-state index in [9.17, 15) is 9.59 Å². The highest BCUT2D eigenvalue weighted by Gasteiger charge is 2.29. The molecule has 0 saturated carbocycles. The zero-order chi connectivity index (χ0) is 28.8. The minimum absolute atomic E-state index is 0.00382. The second-order valence-corrected chi connectivity index (χ2v) is 10.8. The summed E-state index contributed by atoms with van der Waals surface area (Å²) in [6.07, 6.45) is 7.46. The Bertz CT molecular complexity index is 1370. The van der Waals surface area contributed by atoms with Crippen molar-refractivity contribution in [2.45, 2.75) is 45.7 Å². The number of halogens is 1. The Labute approximate surface area is 245 Å². The molecule has 0 radical (unpaired) electrons. The van der Waals surface area contributed by atoms with Crippen molar-refractivity contribution in [3.8, 4) is 11.5 Å². The van der Waals surface area contributed by atoms with Crippen LogP contribution in [0.1, 0.15) is 38.2 Å². The summed E-state index contributed by atoms with van der Waals surface area (Å²) in [6.45, 7) is 6.79. The predicted octanol–water partition coefficient (Wildman–Crippen LogP) is 4.96. The number of nitrogens with zero attached hydrogens (tertiary/aromatic N) is 5. The van der Waals surface area contributed by atoms with Crippen LogP contribution in [-0.4, -0.2) is 84.4 Å². The number of carbonyl (C=O) groups is 2. The molecule has 0 unspecified atom stereocenters. The summed E-state index contributed by atoms with van der Waals surface area (Å²) >= 11 is 6.69. The van der Waals surface area contributed by atoms with E-state index in [2.05, 4.69) is 11.9 Å². The monoisotopic (exact) mass is 583 g/mol. The van der Waals surface area contributed by atoms with Crippen LogP contribution in [0.25, 0.3) is 11.0 Å². The average molecular weight is 584 g/mol. The van der Waals surface area contributed by atoms with E-state index in [0.717, 1.165) is 42.3 Å². The van der Waals surface area contributed by atoms with Gasteiger partial charge in [0, 0.05) is 62.3 Å². The van der Waals surface area contributed by atoms with Crippen LogP contribution in [0, 0.1) is 0 Å². The summed E-state index contributed by atoms with van der Waals surface area (Å²) in [5, 5.41) is 1.28. The number of carbonyl (C=O) groups excluding carboxylic acids is 2. The third-order valence-corrected chi connectivity index (χ3v) is 7.89. The third-order valence-electron chi connectivity index (χ3n) is 7.60. The van der Waals surface area contributed by atoms with Crippen LogP contribution >= 0.6 is 11.6 Å². The van der Waals surface area contributed by atoms with Crippen LogP contribution in [-0.2, 0) is 22.6 Å². The molecule has 0 atom stereocenters. The van der Waals surface area contributed by atoms with Gasteiger partial charge in [-0.15, -0.1) is 0 Å². The zero-order valence-corrected chi connectivity index (χ0v) is 24.6. The van der Waals surface area contributed by atoms with Crippen molar-refractivity contribution in [2.75, 3.05) is 58.0 Å². The number of hydrogen-bond donors (Lipinski definition) is 0. The Morgan fingerprint density at radius 3 is 2.71 bits per heavy atom. The Morgan fingerprint density at radius 2 is 1.93 bits per heavy atom. The summed E-state index contributed by atoms with van der Waals surface area (Å²) in [6, 6.07) is 7.45. The first-order valence-electron chi connectivity index (χ1n) is 14.3. The largest absolute Gasteiger partial charge is 0.493 e. The van der Waals surface area contributed by atoms with Crippen molar-refractivity contribution in [1.82, 2.24) is 19.4 Å². The fourth-order valence-corrected chi connectivity index (χ4v) is 5.72. The van der Waals surface area contributed by atoms with Crippen LogP contribution in [0.4, 0.5) is 10.5 Å². The first-order valence-corrected chi connectivity index (χ1v) is 14.7.